The van der Waals surface area contributed by atoms with Gasteiger partial charge in [-0.05, 0) is 13.8 Å². The van der Waals surface area contributed by atoms with E-state index in [1.807, 2.05) is 13.8 Å². The van der Waals surface area contributed by atoms with Gasteiger partial charge in [0, 0.05) is 32.1 Å². The fourth-order valence-corrected chi connectivity index (χ4v) is 6.11. The molecule has 0 spiro atoms. The Labute approximate surface area is 219 Å². The molecule has 0 aromatic heterocycles. The van der Waals surface area contributed by atoms with E-state index in [9.17, 15) is 10.2 Å². The van der Waals surface area contributed by atoms with Crippen LogP contribution in [0.25, 0.3) is 0 Å². The van der Waals surface area contributed by atoms with Gasteiger partial charge in [0.2, 0.25) is 0 Å². The van der Waals surface area contributed by atoms with Gasteiger partial charge in [-0.1, -0.05) is 0 Å². The van der Waals surface area contributed by atoms with Crippen LogP contribution < -0.4 is 0 Å². The first-order chi connectivity index (χ1) is 17.5. The second-order valence-corrected chi connectivity index (χ2v) is 10.6. The monoisotopic (exact) mass is 528 g/mol. The standard InChI is InChI=1S/C10H18O4.C7H11BO4.C6H9BO4/c1-6-8-9(12-4)10(14-6,5-11-3)7(2)13-8;8-6-4-1-11-3-7(2-9,12-6)5(4)10;7-5-3-4(9)6(1-8,11-5)2-10-3/h6-9H,5H2,1-4H3;4-6,9-10H,1-3H2;3-5,8-9H,1-2H2/t6-,7-,8-,9-,10-;4?,5-,6-,7+;3?,4-,5-,6+/m011/s1. The molecular weight excluding hydrogens is 490 g/mol. The Kier molecular flexibility index (Phi) is 9.02. The maximum absolute atomic E-state index is 9.68. The smallest absolute Gasteiger partial charge is 0.146 e. The Balaban J connectivity index is 0.000000131. The van der Waals surface area contributed by atoms with Gasteiger partial charge in [0.1, 0.15) is 56.9 Å². The fraction of sp³-hybridized carbons (Fsp3) is 1.00. The average molecular weight is 528 g/mol. The predicted molar refractivity (Wildman–Crippen MR) is 127 cm³/mol. The molecule has 208 valence electrons. The van der Waals surface area contributed by atoms with Crippen LogP contribution in [-0.4, -0.2) is 162 Å². The van der Waals surface area contributed by atoms with Gasteiger partial charge in [-0.2, -0.15) is 0 Å². The quantitative estimate of drug-likeness (QED) is 0.267. The van der Waals surface area contributed by atoms with Crippen molar-refractivity contribution in [1.29, 1.82) is 0 Å². The molecule has 6 aliphatic rings. The number of methoxy groups -OCH3 is 2. The van der Waals surface area contributed by atoms with Crippen molar-refractivity contribution in [2.75, 3.05) is 53.9 Å². The van der Waals surface area contributed by atoms with Crippen LogP contribution in [0.4, 0.5) is 0 Å². The van der Waals surface area contributed by atoms with E-state index in [2.05, 4.69) is 0 Å². The van der Waals surface area contributed by atoms with E-state index >= 15 is 0 Å². The maximum atomic E-state index is 9.68. The van der Waals surface area contributed by atoms with Crippen molar-refractivity contribution in [3.63, 3.8) is 0 Å². The van der Waals surface area contributed by atoms with E-state index in [1.165, 1.54) is 0 Å². The number of rotatable bonds is 5. The third-order valence-corrected chi connectivity index (χ3v) is 8.32. The first kappa shape index (κ1) is 29.6. The lowest BCUT2D eigenvalue weighted by Gasteiger charge is -2.34. The predicted octanol–water partition coefficient (Wildman–Crippen LogP) is -3.16. The summed E-state index contributed by atoms with van der Waals surface area (Å²) in [6, 6.07) is -1.12. The summed E-state index contributed by atoms with van der Waals surface area (Å²) in [7, 11) is 14.4. The van der Waals surface area contributed by atoms with Gasteiger partial charge in [-0.25, -0.2) is 0 Å². The normalized spacial score (nSPS) is 53.0. The summed E-state index contributed by atoms with van der Waals surface area (Å²) in [6.45, 7) is 4.89. The largest absolute Gasteiger partial charge is 0.393 e. The number of ether oxygens (including phenoxy) is 8. The second kappa shape index (κ2) is 11.3. The highest BCUT2D eigenvalue weighted by molar-refractivity contribution is 6.12. The van der Waals surface area contributed by atoms with Gasteiger partial charge in [0.15, 0.2) is 0 Å². The van der Waals surface area contributed by atoms with Crippen molar-refractivity contribution in [1.82, 2.24) is 0 Å². The van der Waals surface area contributed by atoms with Crippen molar-refractivity contribution in [3.8, 4) is 0 Å². The summed E-state index contributed by atoms with van der Waals surface area (Å²) < 4.78 is 43.1. The lowest BCUT2D eigenvalue weighted by molar-refractivity contribution is -0.194. The number of aliphatic hydroxyl groups excluding tert-OH is 4. The molecule has 4 N–H and O–H groups in total. The van der Waals surface area contributed by atoms with Crippen molar-refractivity contribution in [3.05, 3.63) is 0 Å². The first-order valence-electron chi connectivity index (χ1n) is 12.5. The summed E-state index contributed by atoms with van der Waals surface area (Å²) >= 11 is 0. The van der Waals surface area contributed by atoms with E-state index in [-0.39, 0.29) is 56.8 Å². The first-order valence-corrected chi connectivity index (χ1v) is 12.5. The van der Waals surface area contributed by atoms with Crippen LogP contribution in [0.2, 0.25) is 0 Å². The molecule has 6 heterocycles. The van der Waals surface area contributed by atoms with E-state index in [0.717, 1.165) is 0 Å². The van der Waals surface area contributed by atoms with Crippen LogP contribution in [0.5, 0.6) is 0 Å². The molecule has 6 saturated heterocycles. The highest BCUT2D eigenvalue weighted by atomic mass is 16.7. The Bertz CT molecular complexity index is 782. The fourth-order valence-electron chi connectivity index (χ4n) is 6.11. The number of hydrogen-bond donors (Lipinski definition) is 4. The number of aliphatic hydroxyl groups is 4. The molecule has 0 aliphatic carbocycles. The molecule has 0 saturated carbocycles. The van der Waals surface area contributed by atoms with Crippen molar-refractivity contribution < 1.29 is 58.3 Å². The lowest BCUT2D eigenvalue weighted by Crippen LogP contribution is -2.52. The number of hydrogen-bond acceptors (Lipinski definition) is 12. The molecule has 6 aliphatic heterocycles. The summed E-state index contributed by atoms with van der Waals surface area (Å²) in [5.74, 6) is -0.203. The minimum Gasteiger partial charge on any atom is -0.393 e. The maximum Gasteiger partial charge on any atom is 0.146 e. The van der Waals surface area contributed by atoms with Gasteiger partial charge in [-0.3, -0.25) is 0 Å². The van der Waals surface area contributed by atoms with E-state index in [4.69, 9.17) is 63.8 Å². The van der Waals surface area contributed by atoms with Gasteiger partial charge < -0.3 is 58.3 Å². The molecular formula is C23H38B2O12. The van der Waals surface area contributed by atoms with E-state index < -0.39 is 47.1 Å². The Morgan fingerprint density at radius 2 is 1.54 bits per heavy atom. The van der Waals surface area contributed by atoms with Crippen LogP contribution in [-0.2, 0) is 37.9 Å². The molecule has 37 heavy (non-hydrogen) atoms. The van der Waals surface area contributed by atoms with E-state index in [0.29, 0.717) is 13.2 Å². The second-order valence-electron chi connectivity index (χ2n) is 10.6. The Hall–Kier alpha value is -0.350. The minimum absolute atomic E-state index is 0.00699. The topological polar surface area (TPSA) is 155 Å². The molecule has 12 nitrogen and oxygen atoms in total. The van der Waals surface area contributed by atoms with Crippen molar-refractivity contribution in [2.45, 2.75) is 85.4 Å². The molecule has 6 bridgehead atoms. The van der Waals surface area contributed by atoms with Crippen LogP contribution in [0.3, 0.4) is 0 Å². The molecule has 0 aromatic carbocycles. The highest BCUT2D eigenvalue weighted by Crippen LogP contribution is 2.45. The molecule has 14 heteroatoms. The zero-order chi connectivity index (χ0) is 27.2. The van der Waals surface area contributed by atoms with Crippen LogP contribution >= 0.6 is 0 Å². The SMILES string of the molecule is COC[C@]12O[C@@H](C)[C@H](O[C@H]1C)[C@@H]2OC.[B][C@@H]1O[C@@]2(CO)COC1[C@H]2O.[B][C@@H]1O[C@@]2(CO)COCC1[C@H]2O. The van der Waals surface area contributed by atoms with Crippen LogP contribution in [0.15, 0.2) is 0 Å². The summed E-state index contributed by atoms with van der Waals surface area (Å²) in [4.78, 5) is 0. The summed E-state index contributed by atoms with van der Waals surface area (Å²) in [6.07, 6.45) is -1.80. The average Bonchev–Trinajstić information content (AvgIpc) is 3.53. The zero-order valence-electron chi connectivity index (χ0n) is 21.7. The molecule has 2 unspecified atom stereocenters. The van der Waals surface area contributed by atoms with Crippen molar-refractivity contribution >= 4 is 15.7 Å². The van der Waals surface area contributed by atoms with Crippen LogP contribution in [0.1, 0.15) is 13.8 Å². The molecule has 6 rings (SSSR count). The van der Waals surface area contributed by atoms with Gasteiger partial charge in [0.25, 0.3) is 0 Å². The summed E-state index contributed by atoms with van der Waals surface area (Å²) in [5, 5.41) is 37.1. The number of fused-ring (bicyclic) bond motifs is 6. The minimum atomic E-state index is -0.970. The third-order valence-electron chi connectivity index (χ3n) is 8.32. The Morgan fingerprint density at radius 1 is 0.892 bits per heavy atom. The molecule has 6 fully saturated rings. The molecule has 13 atom stereocenters. The van der Waals surface area contributed by atoms with E-state index in [1.54, 1.807) is 14.2 Å². The van der Waals surface area contributed by atoms with Gasteiger partial charge in [-0.15, -0.1) is 0 Å². The van der Waals surface area contributed by atoms with Crippen LogP contribution in [0, 0.1) is 5.92 Å². The molecule has 4 radical (unpaired) electrons. The summed E-state index contributed by atoms with van der Waals surface area (Å²) in [5.41, 5.74) is -2.33. The lowest BCUT2D eigenvalue weighted by atomic mass is 9.81. The third kappa shape index (κ3) is 4.81. The molecule has 0 amide bonds. The van der Waals surface area contributed by atoms with Gasteiger partial charge in [0.05, 0.1) is 58.0 Å². The Morgan fingerprint density at radius 3 is 2.03 bits per heavy atom. The highest BCUT2D eigenvalue weighted by Gasteiger charge is 2.64. The van der Waals surface area contributed by atoms with Gasteiger partial charge >= 0.3 is 0 Å². The molecule has 0 aromatic rings. The van der Waals surface area contributed by atoms with Crippen molar-refractivity contribution in [2.24, 2.45) is 5.92 Å². The zero-order valence-corrected chi connectivity index (χ0v) is 21.7.